The lowest BCUT2D eigenvalue weighted by molar-refractivity contribution is 0.405. The van der Waals surface area contributed by atoms with Gasteiger partial charge in [0.1, 0.15) is 0 Å². The molecule has 0 spiro atoms. The van der Waals surface area contributed by atoms with Crippen LogP contribution in [0.2, 0.25) is 0 Å². The van der Waals surface area contributed by atoms with Crippen LogP contribution in [0.15, 0.2) is 24.5 Å². The zero-order chi connectivity index (χ0) is 11.2. The van der Waals surface area contributed by atoms with Gasteiger partial charge in [0, 0.05) is 28.9 Å². The Morgan fingerprint density at radius 3 is 2.94 bits per heavy atom. The number of nitrogens with zero attached hydrogens (tertiary/aromatic N) is 1. The highest BCUT2D eigenvalue weighted by Gasteiger charge is 2.15. The van der Waals surface area contributed by atoms with Gasteiger partial charge in [-0.2, -0.15) is 0 Å². The molecule has 0 unspecified atom stereocenters. The normalized spacial score (nSPS) is 19.5. The Bertz CT molecular complexity index is 336. The molecule has 1 saturated heterocycles. The minimum Gasteiger partial charge on any atom is -0.317 e. The third kappa shape index (κ3) is 3.68. The van der Waals surface area contributed by atoms with E-state index in [0.717, 1.165) is 24.4 Å². The largest absolute Gasteiger partial charge is 0.317 e. The molecule has 0 saturated carbocycles. The van der Waals surface area contributed by atoms with Crippen molar-refractivity contribution < 1.29 is 4.21 Å². The van der Waals surface area contributed by atoms with E-state index in [1.54, 1.807) is 12.4 Å². The second kappa shape index (κ2) is 6.11. The van der Waals surface area contributed by atoms with Crippen LogP contribution in [0.4, 0.5) is 0 Å². The number of hydrogen-bond donors (Lipinski definition) is 1. The van der Waals surface area contributed by atoms with Gasteiger partial charge >= 0.3 is 0 Å². The summed E-state index contributed by atoms with van der Waals surface area (Å²) >= 11 is 0. The summed E-state index contributed by atoms with van der Waals surface area (Å²) in [6.45, 7) is 2.16. The molecule has 2 heterocycles. The summed E-state index contributed by atoms with van der Waals surface area (Å²) in [4.78, 5) is 4.04. The molecule has 2 rings (SSSR count). The molecule has 0 aromatic carbocycles. The highest BCUT2D eigenvalue weighted by molar-refractivity contribution is 7.84. The number of aromatic nitrogens is 1. The first-order valence-corrected chi connectivity index (χ1v) is 7.28. The maximum absolute atomic E-state index is 11.9. The zero-order valence-electron chi connectivity index (χ0n) is 9.39. The summed E-state index contributed by atoms with van der Waals surface area (Å²) < 4.78 is 11.9. The predicted octanol–water partition coefficient (Wildman–Crippen LogP) is 1.33. The van der Waals surface area contributed by atoms with Crippen LogP contribution in [-0.4, -0.2) is 28.0 Å². The number of hydrogen-bond acceptors (Lipinski definition) is 3. The van der Waals surface area contributed by atoms with Crippen molar-refractivity contribution in [3.05, 3.63) is 30.1 Å². The molecular formula is C12H18N2OS. The SMILES string of the molecule is O=[S@@](Cc1cccnc1)CC1CCNCC1. The Hall–Kier alpha value is -0.740. The minimum absolute atomic E-state index is 0.638. The van der Waals surface area contributed by atoms with E-state index in [9.17, 15) is 4.21 Å². The fraction of sp³-hybridized carbons (Fsp3) is 0.583. The van der Waals surface area contributed by atoms with E-state index in [1.807, 2.05) is 12.1 Å². The van der Waals surface area contributed by atoms with Crippen LogP contribution < -0.4 is 5.32 Å². The van der Waals surface area contributed by atoms with Gasteiger partial charge in [-0.25, -0.2) is 0 Å². The fourth-order valence-electron chi connectivity index (χ4n) is 2.04. The summed E-state index contributed by atoms with van der Waals surface area (Å²) in [5.41, 5.74) is 1.08. The molecule has 1 aliphatic rings. The minimum atomic E-state index is -0.736. The van der Waals surface area contributed by atoms with Crippen molar-refractivity contribution in [1.82, 2.24) is 10.3 Å². The fourth-order valence-corrected chi connectivity index (χ4v) is 3.56. The molecular weight excluding hydrogens is 220 g/mol. The highest BCUT2D eigenvalue weighted by Crippen LogP contribution is 2.14. The van der Waals surface area contributed by atoms with Crippen molar-refractivity contribution in [1.29, 1.82) is 0 Å². The molecule has 1 atom stereocenters. The first kappa shape index (κ1) is 11.7. The molecule has 16 heavy (non-hydrogen) atoms. The second-order valence-corrected chi connectivity index (χ2v) is 5.81. The van der Waals surface area contributed by atoms with E-state index in [4.69, 9.17) is 0 Å². The molecule has 1 fully saturated rings. The summed E-state index contributed by atoms with van der Waals surface area (Å²) in [6.07, 6.45) is 5.89. The van der Waals surface area contributed by atoms with E-state index in [0.29, 0.717) is 11.7 Å². The number of nitrogens with one attached hydrogen (secondary N) is 1. The average molecular weight is 238 g/mol. The second-order valence-electron chi connectivity index (χ2n) is 4.31. The van der Waals surface area contributed by atoms with Crippen molar-refractivity contribution >= 4 is 10.8 Å². The lowest BCUT2D eigenvalue weighted by atomic mass is 10.0. The summed E-state index contributed by atoms with van der Waals surface area (Å²) in [6, 6.07) is 3.89. The van der Waals surface area contributed by atoms with Crippen molar-refractivity contribution in [2.75, 3.05) is 18.8 Å². The molecule has 0 aliphatic carbocycles. The van der Waals surface area contributed by atoms with Crippen LogP contribution in [0.25, 0.3) is 0 Å². The Kier molecular flexibility index (Phi) is 4.48. The smallest absolute Gasteiger partial charge is 0.0500 e. The Balaban J connectivity index is 1.80. The van der Waals surface area contributed by atoms with Crippen LogP contribution in [-0.2, 0) is 16.6 Å². The lowest BCUT2D eigenvalue weighted by Crippen LogP contribution is -2.30. The van der Waals surface area contributed by atoms with E-state index < -0.39 is 10.8 Å². The quantitative estimate of drug-likeness (QED) is 0.860. The van der Waals surface area contributed by atoms with E-state index in [2.05, 4.69) is 10.3 Å². The van der Waals surface area contributed by atoms with Crippen molar-refractivity contribution in [2.45, 2.75) is 18.6 Å². The zero-order valence-corrected chi connectivity index (χ0v) is 10.2. The predicted molar refractivity (Wildman–Crippen MR) is 66.5 cm³/mol. The van der Waals surface area contributed by atoms with E-state index >= 15 is 0 Å². The monoisotopic (exact) mass is 238 g/mol. The van der Waals surface area contributed by atoms with Crippen molar-refractivity contribution in [3.8, 4) is 0 Å². The molecule has 0 bridgehead atoms. The Labute approximate surface area is 99.1 Å². The van der Waals surface area contributed by atoms with Gasteiger partial charge in [0.05, 0.1) is 5.75 Å². The standard InChI is InChI=1S/C12H18N2OS/c15-16(9-11-3-6-13-7-4-11)10-12-2-1-5-14-8-12/h1-2,5,8,11,13H,3-4,6-7,9-10H2/t16-/m1/s1. The van der Waals surface area contributed by atoms with Crippen LogP contribution in [0.1, 0.15) is 18.4 Å². The van der Waals surface area contributed by atoms with E-state index in [-0.39, 0.29) is 0 Å². The van der Waals surface area contributed by atoms with Gasteiger partial charge in [0.2, 0.25) is 0 Å². The number of piperidine rings is 1. The van der Waals surface area contributed by atoms with Gasteiger partial charge < -0.3 is 5.32 Å². The lowest BCUT2D eigenvalue weighted by Gasteiger charge is -2.21. The molecule has 4 heteroatoms. The highest BCUT2D eigenvalue weighted by atomic mass is 32.2. The van der Waals surface area contributed by atoms with Crippen molar-refractivity contribution in [2.24, 2.45) is 5.92 Å². The van der Waals surface area contributed by atoms with Gasteiger partial charge in [-0.1, -0.05) is 6.07 Å². The topological polar surface area (TPSA) is 42.0 Å². The van der Waals surface area contributed by atoms with Gasteiger partial charge in [0.15, 0.2) is 0 Å². The van der Waals surface area contributed by atoms with Crippen LogP contribution in [0.5, 0.6) is 0 Å². The maximum atomic E-state index is 11.9. The van der Waals surface area contributed by atoms with Gasteiger partial charge in [0.25, 0.3) is 0 Å². The van der Waals surface area contributed by atoms with Gasteiger partial charge in [-0.05, 0) is 43.5 Å². The van der Waals surface area contributed by atoms with Crippen LogP contribution >= 0.6 is 0 Å². The van der Waals surface area contributed by atoms with Crippen LogP contribution in [0, 0.1) is 5.92 Å². The van der Waals surface area contributed by atoms with Crippen LogP contribution in [0.3, 0.4) is 0 Å². The summed E-state index contributed by atoms with van der Waals surface area (Å²) in [5.74, 6) is 2.13. The van der Waals surface area contributed by atoms with Gasteiger partial charge in [-0.15, -0.1) is 0 Å². The molecule has 0 amide bonds. The van der Waals surface area contributed by atoms with Crippen molar-refractivity contribution in [3.63, 3.8) is 0 Å². The molecule has 1 N–H and O–H groups in total. The molecule has 3 nitrogen and oxygen atoms in total. The summed E-state index contributed by atoms with van der Waals surface area (Å²) in [5, 5.41) is 3.33. The molecule has 0 radical (unpaired) electrons. The number of pyridine rings is 1. The Morgan fingerprint density at radius 2 is 2.25 bits per heavy atom. The maximum Gasteiger partial charge on any atom is 0.0500 e. The van der Waals surface area contributed by atoms with E-state index in [1.165, 1.54) is 12.8 Å². The molecule has 1 aromatic rings. The third-order valence-corrected chi connectivity index (χ3v) is 4.43. The molecule has 1 aromatic heterocycles. The summed E-state index contributed by atoms with van der Waals surface area (Å²) in [7, 11) is -0.736. The Morgan fingerprint density at radius 1 is 1.44 bits per heavy atom. The first-order valence-electron chi connectivity index (χ1n) is 5.79. The molecule has 1 aliphatic heterocycles. The van der Waals surface area contributed by atoms with Gasteiger partial charge in [-0.3, -0.25) is 9.19 Å². The number of rotatable bonds is 4. The third-order valence-electron chi connectivity index (χ3n) is 2.93. The first-order chi connectivity index (χ1) is 7.84. The molecule has 88 valence electrons. The average Bonchev–Trinajstić information content (AvgIpc) is 2.31.